The second kappa shape index (κ2) is 3.82. The van der Waals surface area contributed by atoms with Crippen molar-refractivity contribution < 1.29 is 4.74 Å². The van der Waals surface area contributed by atoms with Crippen LogP contribution < -0.4 is 10.9 Å². The molecule has 9 heavy (non-hydrogen) atoms. The third kappa shape index (κ3) is 2.30. The number of nitrogens with one attached hydrogen (secondary N) is 2. The monoisotopic (exact) mass is 130 g/mol. The first-order chi connectivity index (χ1) is 4.43. The summed E-state index contributed by atoms with van der Waals surface area (Å²) in [7, 11) is 1.73. The van der Waals surface area contributed by atoms with Crippen LogP contribution in [0.15, 0.2) is 0 Å². The van der Waals surface area contributed by atoms with E-state index >= 15 is 0 Å². The Morgan fingerprint density at radius 2 is 2.56 bits per heavy atom. The molecule has 0 amide bonds. The van der Waals surface area contributed by atoms with E-state index in [1.165, 1.54) is 12.8 Å². The molecule has 1 aliphatic rings. The van der Waals surface area contributed by atoms with E-state index in [1.807, 2.05) is 0 Å². The quantitative estimate of drug-likeness (QED) is 0.547. The van der Waals surface area contributed by atoms with Gasteiger partial charge in [-0.15, -0.1) is 0 Å². The highest BCUT2D eigenvalue weighted by Gasteiger charge is 2.10. The number of hydrazine groups is 1. The minimum atomic E-state index is 0.517. The summed E-state index contributed by atoms with van der Waals surface area (Å²) < 4.78 is 4.98. The molecule has 1 saturated heterocycles. The van der Waals surface area contributed by atoms with Crippen LogP contribution in [0.5, 0.6) is 0 Å². The average Bonchev–Trinajstić information content (AvgIpc) is 1.91. The van der Waals surface area contributed by atoms with Crippen molar-refractivity contribution in [1.29, 1.82) is 0 Å². The minimum Gasteiger partial charge on any atom is -0.383 e. The van der Waals surface area contributed by atoms with Crippen molar-refractivity contribution >= 4 is 0 Å². The van der Waals surface area contributed by atoms with Gasteiger partial charge in [0, 0.05) is 19.7 Å². The highest BCUT2D eigenvalue weighted by Crippen LogP contribution is 1.99. The lowest BCUT2D eigenvalue weighted by molar-refractivity contribution is 0.144. The van der Waals surface area contributed by atoms with Crippen molar-refractivity contribution in [2.24, 2.45) is 0 Å². The van der Waals surface area contributed by atoms with Gasteiger partial charge in [-0.25, -0.2) is 0 Å². The number of hydrogen-bond donors (Lipinski definition) is 2. The summed E-state index contributed by atoms with van der Waals surface area (Å²) in [5.41, 5.74) is 6.23. The topological polar surface area (TPSA) is 33.3 Å². The second-order valence-corrected chi connectivity index (χ2v) is 2.37. The van der Waals surface area contributed by atoms with Gasteiger partial charge in [0.05, 0.1) is 6.61 Å². The number of hydrogen-bond acceptors (Lipinski definition) is 3. The van der Waals surface area contributed by atoms with Crippen molar-refractivity contribution in [1.82, 2.24) is 10.9 Å². The summed E-state index contributed by atoms with van der Waals surface area (Å²) in [5.74, 6) is 0. The summed E-state index contributed by atoms with van der Waals surface area (Å²) >= 11 is 0. The molecule has 2 N–H and O–H groups in total. The molecule has 0 aliphatic carbocycles. The fourth-order valence-electron chi connectivity index (χ4n) is 1.05. The lowest BCUT2D eigenvalue weighted by atomic mass is 10.1. The Morgan fingerprint density at radius 1 is 1.67 bits per heavy atom. The van der Waals surface area contributed by atoms with Crippen molar-refractivity contribution in [3.8, 4) is 0 Å². The molecule has 0 spiro atoms. The molecule has 0 saturated carbocycles. The second-order valence-electron chi connectivity index (χ2n) is 2.37. The minimum absolute atomic E-state index is 0.517. The molecule has 1 atom stereocenters. The first-order valence-corrected chi connectivity index (χ1v) is 3.41. The predicted molar refractivity (Wildman–Crippen MR) is 36.0 cm³/mol. The Hall–Kier alpha value is -0.120. The van der Waals surface area contributed by atoms with E-state index in [4.69, 9.17) is 4.74 Å². The van der Waals surface area contributed by atoms with Gasteiger partial charge in [0.1, 0.15) is 0 Å². The van der Waals surface area contributed by atoms with Crippen LogP contribution in [0.2, 0.25) is 0 Å². The maximum atomic E-state index is 4.98. The van der Waals surface area contributed by atoms with Crippen LogP contribution in [0.4, 0.5) is 0 Å². The normalized spacial score (nSPS) is 28.3. The Balaban J connectivity index is 2.08. The van der Waals surface area contributed by atoms with Crippen LogP contribution in [0.25, 0.3) is 0 Å². The summed E-state index contributed by atoms with van der Waals surface area (Å²) in [6.45, 7) is 1.90. The zero-order chi connectivity index (χ0) is 6.53. The molecule has 1 fully saturated rings. The SMILES string of the molecule is COCC1CCCNN1. The summed E-state index contributed by atoms with van der Waals surface area (Å²) in [4.78, 5) is 0. The predicted octanol–water partition coefficient (Wildman–Crippen LogP) is -0.111. The highest BCUT2D eigenvalue weighted by atomic mass is 16.5. The van der Waals surface area contributed by atoms with E-state index in [1.54, 1.807) is 7.11 Å². The average molecular weight is 130 g/mol. The Labute approximate surface area is 55.7 Å². The molecule has 54 valence electrons. The van der Waals surface area contributed by atoms with Gasteiger partial charge in [0.15, 0.2) is 0 Å². The standard InChI is InChI=1S/C6H14N2O/c1-9-5-6-3-2-4-7-8-6/h6-8H,2-5H2,1H3. The van der Waals surface area contributed by atoms with E-state index in [-0.39, 0.29) is 0 Å². The molecule has 0 bridgehead atoms. The van der Waals surface area contributed by atoms with Crippen molar-refractivity contribution in [2.75, 3.05) is 20.3 Å². The van der Waals surface area contributed by atoms with Gasteiger partial charge in [0.25, 0.3) is 0 Å². The zero-order valence-corrected chi connectivity index (χ0v) is 5.81. The maximum Gasteiger partial charge on any atom is 0.0629 e. The van der Waals surface area contributed by atoms with Gasteiger partial charge in [0.2, 0.25) is 0 Å². The first-order valence-electron chi connectivity index (χ1n) is 3.41. The van der Waals surface area contributed by atoms with Crippen LogP contribution in [0.1, 0.15) is 12.8 Å². The third-order valence-corrected chi connectivity index (χ3v) is 1.53. The van der Waals surface area contributed by atoms with Gasteiger partial charge in [-0.1, -0.05) is 0 Å². The van der Waals surface area contributed by atoms with E-state index < -0.39 is 0 Å². The lowest BCUT2D eigenvalue weighted by Crippen LogP contribution is -2.47. The first kappa shape index (κ1) is 6.99. The fraction of sp³-hybridized carbons (Fsp3) is 1.00. The van der Waals surface area contributed by atoms with Crippen molar-refractivity contribution in [3.05, 3.63) is 0 Å². The van der Waals surface area contributed by atoms with Crippen LogP contribution in [-0.2, 0) is 4.74 Å². The molecule has 3 nitrogen and oxygen atoms in total. The molecule has 0 radical (unpaired) electrons. The van der Waals surface area contributed by atoms with Gasteiger partial charge in [-0.05, 0) is 12.8 Å². The highest BCUT2D eigenvalue weighted by molar-refractivity contribution is 4.68. The van der Waals surface area contributed by atoms with E-state index in [0.717, 1.165) is 13.2 Å². The van der Waals surface area contributed by atoms with Crippen molar-refractivity contribution in [3.63, 3.8) is 0 Å². The molecule has 0 aromatic rings. The summed E-state index contributed by atoms with van der Waals surface area (Å²) in [6, 6.07) is 0.517. The van der Waals surface area contributed by atoms with Gasteiger partial charge < -0.3 is 4.74 Å². The molecule has 0 aromatic carbocycles. The molecular formula is C6H14N2O. The van der Waals surface area contributed by atoms with Crippen molar-refractivity contribution in [2.45, 2.75) is 18.9 Å². The third-order valence-electron chi connectivity index (χ3n) is 1.53. The molecular weight excluding hydrogens is 116 g/mol. The maximum absolute atomic E-state index is 4.98. The molecule has 1 unspecified atom stereocenters. The number of ether oxygens (including phenoxy) is 1. The van der Waals surface area contributed by atoms with E-state index in [2.05, 4.69) is 10.9 Å². The molecule has 1 aliphatic heterocycles. The van der Waals surface area contributed by atoms with Gasteiger partial charge >= 0.3 is 0 Å². The fourth-order valence-corrected chi connectivity index (χ4v) is 1.05. The summed E-state index contributed by atoms with van der Waals surface area (Å²) in [5, 5.41) is 0. The van der Waals surface area contributed by atoms with Crippen LogP contribution in [0, 0.1) is 0 Å². The lowest BCUT2D eigenvalue weighted by Gasteiger charge is -2.23. The zero-order valence-electron chi connectivity index (χ0n) is 5.81. The van der Waals surface area contributed by atoms with Gasteiger partial charge in [-0.3, -0.25) is 10.9 Å². The van der Waals surface area contributed by atoms with Crippen LogP contribution in [-0.4, -0.2) is 26.3 Å². The molecule has 1 rings (SSSR count). The van der Waals surface area contributed by atoms with Gasteiger partial charge in [-0.2, -0.15) is 0 Å². The van der Waals surface area contributed by atoms with Crippen LogP contribution >= 0.6 is 0 Å². The Bertz CT molecular complexity index is 68.7. The Morgan fingerprint density at radius 3 is 3.11 bits per heavy atom. The summed E-state index contributed by atoms with van der Waals surface area (Å²) in [6.07, 6.45) is 2.47. The van der Waals surface area contributed by atoms with E-state index in [9.17, 15) is 0 Å². The largest absolute Gasteiger partial charge is 0.383 e. The molecule has 1 heterocycles. The van der Waals surface area contributed by atoms with E-state index in [0.29, 0.717) is 6.04 Å². The smallest absolute Gasteiger partial charge is 0.0629 e. The van der Waals surface area contributed by atoms with Crippen LogP contribution in [0.3, 0.4) is 0 Å². The molecule has 3 heteroatoms. The number of rotatable bonds is 2. The number of methoxy groups -OCH3 is 1. The molecule has 0 aromatic heterocycles. The Kier molecular flexibility index (Phi) is 2.97.